The quantitative estimate of drug-likeness (QED) is 0.728. The van der Waals surface area contributed by atoms with Crippen LogP contribution in [0.4, 0.5) is 5.69 Å². The zero-order chi connectivity index (χ0) is 17.7. The minimum atomic E-state index is -0.132. The van der Waals surface area contributed by atoms with E-state index >= 15 is 0 Å². The maximum absolute atomic E-state index is 12.5. The monoisotopic (exact) mass is 343 g/mol. The molecule has 0 radical (unpaired) electrons. The van der Waals surface area contributed by atoms with Crippen LogP contribution in [0.1, 0.15) is 41.8 Å². The number of hydrogen-bond acceptors (Lipinski definition) is 2. The van der Waals surface area contributed by atoms with Crippen LogP contribution in [0, 0.1) is 13.8 Å². The van der Waals surface area contributed by atoms with E-state index in [1.807, 2.05) is 19.9 Å². The number of aromatic nitrogens is 1. The van der Waals surface area contributed by atoms with Gasteiger partial charge in [-0.3, -0.25) is 4.79 Å². The molecule has 3 N–H and O–H groups in total. The third-order valence-electron chi connectivity index (χ3n) is 4.04. The summed E-state index contributed by atoms with van der Waals surface area (Å²) in [6.07, 6.45) is 1.55. The van der Waals surface area contributed by atoms with Gasteiger partial charge in [0.2, 0.25) is 0 Å². The number of H-pyrrole nitrogens is 1. The van der Waals surface area contributed by atoms with Crippen LogP contribution < -0.4 is 16.2 Å². The summed E-state index contributed by atoms with van der Waals surface area (Å²) in [4.78, 5) is 15.5. The van der Waals surface area contributed by atoms with Gasteiger partial charge in [0.05, 0.1) is 0 Å². The highest BCUT2D eigenvalue weighted by Gasteiger charge is 2.16. The van der Waals surface area contributed by atoms with Gasteiger partial charge < -0.3 is 15.6 Å². The molecular weight excluding hydrogens is 318 g/mol. The first-order valence-electron chi connectivity index (χ1n) is 8.31. The number of rotatable bonds is 5. The number of aromatic amines is 1. The van der Waals surface area contributed by atoms with Crippen molar-refractivity contribution in [3.8, 4) is 0 Å². The van der Waals surface area contributed by atoms with Crippen molar-refractivity contribution in [1.29, 1.82) is 0 Å². The first-order chi connectivity index (χ1) is 11.5. The lowest BCUT2D eigenvalue weighted by Gasteiger charge is -2.18. The maximum atomic E-state index is 12.5. The predicted molar refractivity (Wildman–Crippen MR) is 105 cm³/mol. The van der Waals surface area contributed by atoms with E-state index in [1.54, 1.807) is 0 Å². The molecule has 0 saturated heterocycles. The number of thiocarbonyl (C=S) groups is 1. The fourth-order valence-corrected chi connectivity index (χ4v) is 3.22. The average molecular weight is 343 g/mol. The highest BCUT2D eigenvalue weighted by Crippen LogP contribution is 2.23. The first-order valence-corrected chi connectivity index (χ1v) is 8.72. The van der Waals surface area contributed by atoms with Gasteiger partial charge >= 0.3 is 0 Å². The molecule has 24 heavy (non-hydrogen) atoms. The van der Waals surface area contributed by atoms with Gasteiger partial charge in [-0.25, -0.2) is 0 Å². The molecule has 0 aliphatic carbocycles. The fraction of sp³-hybridized carbons (Fsp3) is 0.368. The highest BCUT2D eigenvalue weighted by atomic mass is 32.1. The Hall–Kier alpha value is -2.14. The van der Waals surface area contributed by atoms with E-state index < -0.39 is 0 Å². The fourth-order valence-electron chi connectivity index (χ4n) is 2.97. The lowest BCUT2D eigenvalue weighted by Crippen LogP contribution is -2.32. The Morgan fingerprint density at radius 2 is 1.96 bits per heavy atom. The number of benzene rings is 1. The largest absolute Gasteiger partial charge is 0.363 e. The van der Waals surface area contributed by atoms with Gasteiger partial charge in [0.1, 0.15) is 5.69 Å². The molecule has 0 saturated carbocycles. The second-order valence-electron chi connectivity index (χ2n) is 5.92. The molecule has 1 heterocycles. The number of nitrogens with one attached hydrogen (secondary N) is 3. The third-order valence-corrected chi connectivity index (χ3v) is 4.29. The van der Waals surface area contributed by atoms with E-state index in [0.29, 0.717) is 23.8 Å². The second kappa shape index (κ2) is 8.11. The highest BCUT2D eigenvalue weighted by molar-refractivity contribution is 7.80. The molecule has 5 heteroatoms. The van der Waals surface area contributed by atoms with Crippen molar-refractivity contribution in [3.63, 3.8) is 0 Å². The van der Waals surface area contributed by atoms with Crippen LogP contribution in [0.15, 0.2) is 29.1 Å². The van der Waals surface area contributed by atoms with E-state index in [2.05, 4.69) is 47.7 Å². The lowest BCUT2D eigenvalue weighted by atomic mass is 9.95. The van der Waals surface area contributed by atoms with Gasteiger partial charge in [-0.1, -0.05) is 36.8 Å². The van der Waals surface area contributed by atoms with Gasteiger partial charge in [0.25, 0.3) is 5.56 Å². The lowest BCUT2D eigenvalue weighted by molar-refractivity contribution is 0.963. The summed E-state index contributed by atoms with van der Waals surface area (Å²) in [6.45, 7) is 8.81. The smallest absolute Gasteiger partial charge is 0.272 e. The average Bonchev–Trinajstić information content (AvgIpc) is 2.51. The standard InChI is InChI=1S/C19H25N3OS/c1-5-15-13(4)21-18(23)17(22-19(24)20-6-2)16(15)11-14-9-7-8-12(3)10-14/h7-10H,5-6,11H2,1-4H3,(H,21,23)(H2,20,22,24). The Kier molecular flexibility index (Phi) is 6.15. The molecule has 0 amide bonds. The Labute approximate surface area is 148 Å². The SMILES string of the molecule is CCNC(=S)Nc1c(Cc2cccc(C)c2)c(CC)c(C)[nH]c1=O. The van der Waals surface area contributed by atoms with Crippen molar-refractivity contribution >= 4 is 23.0 Å². The number of pyridine rings is 1. The summed E-state index contributed by atoms with van der Waals surface area (Å²) in [6, 6.07) is 8.37. The molecular formula is C19H25N3OS. The Morgan fingerprint density at radius 3 is 2.58 bits per heavy atom. The van der Waals surface area contributed by atoms with Gasteiger partial charge in [-0.05, 0) is 56.1 Å². The molecule has 1 aromatic carbocycles. The van der Waals surface area contributed by atoms with Crippen LogP contribution in [0.2, 0.25) is 0 Å². The Bertz CT molecular complexity index is 796. The Balaban J connectivity index is 2.52. The summed E-state index contributed by atoms with van der Waals surface area (Å²) >= 11 is 5.28. The zero-order valence-electron chi connectivity index (χ0n) is 14.7. The molecule has 0 bridgehead atoms. The van der Waals surface area contributed by atoms with Crippen LogP contribution in [-0.4, -0.2) is 16.6 Å². The minimum absolute atomic E-state index is 0.132. The molecule has 2 rings (SSSR count). The number of anilines is 1. The molecule has 1 aromatic heterocycles. The summed E-state index contributed by atoms with van der Waals surface area (Å²) in [5.41, 5.74) is 5.92. The van der Waals surface area contributed by atoms with E-state index in [9.17, 15) is 4.79 Å². The van der Waals surface area contributed by atoms with Crippen LogP contribution >= 0.6 is 12.2 Å². The number of hydrogen-bond donors (Lipinski definition) is 3. The van der Waals surface area contributed by atoms with E-state index in [0.717, 1.165) is 23.2 Å². The molecule has 128 valence electrons. The van der Waals surface area contributed by atoms with Crippen LogP contribution in [0.25, 0.3) is 0 Å². The molecule has 2 aromatic rings. The van der Waals surface area contributed by atoms with Gasteiger partial charge in [0, 0.05) is 18.7 Å². The third kappa shape index (κ3) is 4.23. The molecule has 0 aliphatic rings. The molecule has 0 aliphatic heterocycles. The summed E-state index contributed by atoms with van der Waals surface area (Å²) < 4.78 is 0. The molecule has 0 spiro atoms. The van der Waals surface area contributed by atoms with Crippen molar-refractivity contribution in [2.75, 3.05) is 11.9 Å². The van der Waals surface area contributed by atoms with Crippen molar-refractivity contribution < 1.29 is 0 Å². The van der Waals surface area contributed by atoms with Crippen molar-refractivity contribution in [2.24, 2.45) is 0 Å². The van der Waals surface area contributed by atoms with Crippen LogP contribution in [0.3, 0.4) is 0 Å². The molecule has 0 atom stereocenters. The van der Waals surface area contributed by atoms with E-state index in [4.69, 9.17) is 12.2 Å². The Morgan fingerprint density at radius 1 is 1.21 bits per heavy atom. The van der Waals surface area contributed by atoms with E-state index in [1.165, 1.54) is 11.1 Å². The van der Waals surface area contributed by atoms with Crippen LogP contribution in [-0.2, 0) is 12.8 Å². The van der Waals surface area contributed by atoms with E-state index in [-0.39, 0.29) is 5.56 Å². The van der Waals surface area contributed by atoms with Crippen molar-refractivity contribution in [3.05, 3.63) is 62.6 Å². The van der Waals surface area contributed by atoms with Gasteiger partial charge in [-0.15, -0.1) is 0 Å². The summed E-state index contributed by atoms with van der Waals surface area (Å²) in [5.74, 6) is 0. The zero-order valence-corrected chi connectivity index (χ0v) is 15.6. The summed E-state index contributed by atoms with van der Waals surface area (Å²) in [7, 11) is 0. The van der Waals surface area contributed by atoms with Gasteiger partial charge in [-0.2, -0.15) is 0 Å². The minimum Gasteiger partial charge on any atom is -0.363 e. The second-order valence-corrected chi connectivity index (χ2v) is 6.32. The van der Waals surface area contributed by atoms with Crippen LogP contribution in [0.5, 0.6) is 0 Å². The predicted octanol–water partition coefficient (Wildman–Crippen LogP) is 3.45. The normalized spacial score (nSPS) is 10.5. The molecule has 0 fully saturated rings. The topological polar surface area (TPSA) is 56.9 Å². The summed E-state index contributed by atoms with van der Waals surface area (Å²) in [5, 5.41) is 6.61. The van der Waals surface area contributed by atoms with Gasteiger partial charge in [0.15, 0.2) is 5.11 Å². The maximum Gasteiger partial charge on any atom is 0.272 e. The molecule has 0 unspecified atom stereocenters. The van der Waals surface area contributed by atoms with Crippen molar-refractivity contribution in [2.45, 2.75) is 40.5 Å². The molecule has 4 nitrogen and oxygen atoms in total. The number of aryl methyl sites for hydroxylation is 2. The van der Waals surface area contributed by atoms with Crippen molar-refractivity contribution in [1.82, 2.24) is 10.3 Å². The first kappa shape index (κ1) is 18.2.